The van der Waals surface area contributed by atoms with E-state index in [0.29, 0.717) is 23.1 Å². The molecule has 4 nitrogen and oxygen atoms in total. The molecule has 5 heteroatoms. The largest absolute Gasteiger partial charge is 0.489 e. The summed E-state index contributed by atoms with van der Waals surface area (Å²) in [5.41, 5.74) is 0.0422. The molecule has 0 saturated heterocycles. The first-order chi connectivity index (χ1) is 9.41. The number of aliphatic hydroxyl groups is 1. The highest BCUT2D eigenvalue weighted by Gasteiger charge is 2.30. The zero-order valence-corrected chi connectivity index (χ0v) is 13.1. The van der Waals surface area contributed by atoms with Crippen LogP contribution in [0.2, 0.25) is 0 Å². The smallest absolute Gasteiger partial charge is 0.339 e. The lowest BCUT2D eigenvalue weighted by Gasteiger charge is -2.32. The molecule has 110 valence electrons. The number of rotatable bonds is 4. The molecular weight excluding hydrogens is 324 g/mol. The Morgan fingerprint density at radius 1 is 1.35 bits per heavy atom. The molecule has 0 amide bonds. The minimum atomic E-state index is -1.03. The molecule has 1 aliphatic rings. The molecule has 2 N–H and O–H groups in total. The highest BCUT2D eigenvalue weighted by Crippen LogP contribution is 2.32. The van der Waals surface area contributed by atoms with E-state index < -0.39 is 11.6 Å². The van der Waals surface area contributed by atoms with Crippen molar-refractivity contribution in [2.45, 2.75) is 44.6 Å². The Hall–Kier alpha value is -1.07. The zero-order chi connectivity index (χ0) is 14.8. The third-order valence-electron chi connectivity index (χ3n) is 3.74. The Bertz CT molecular complexity index is 507. The number of carboxylic acid groups (broad SMARTS) is 1. The van der Waals surface area contributed by atoms with Gasteiger partial charge in [-0.2, -0.15) is 0 Å². The van der Waals surface area contributed by atoms with Crippen molar-refractivity contribution in [3.63, 3.8) is 0 Å². The minimum Gasteiger partial charge on any atom is -0.489 e. The molecule has 0 aliphatic heterocycles. The predicted octanol–water partition coefficient (Wildman–Crippen LogP) is 3.53. The molecule has 1 fully saturated rings. The third kappa shape index (κ3) is 3.52. The van der Waals surface area contributed by atoms with Crippen LogP contribution < -0.4 is 4.74 Å². The lowest BCUT2D eigenvalue weighted by Crippen LogP contribution is -2.38. The van der Waals surface area contributed by atoms with Crippen LogP contribution in [-0.4, -0.2) is 28.4 Å². The molecule has 1 aromatic carbocycles. The third-order valence-corrected chi connectivity index (χ3v) is 4.20. The molecular formula is C15H19BrO4. The first kappa shape index (κ1) is 15.3. The second-order valence-electron chi connectivity index (χ2n) is 5.48. The number of aromatic carboxylic acids is 1. The highest BCUT2D eigenvalue weighted by atomic mass is 79.9. The van der Waals surface area contributed by atoms with Crippen LogP contribution in [0.25, 0.3) is 0 Å². The first-order valence-electron chi connectivity index (χ1n) is 6.80. The SMILES string of the molecule is Cc1cc(Br)cc(C(=O)O)c1OCC1(O)CCCCC1. The van der Waals surface area contributed by atoms with Gasteiger partial charge in [0.25, 0.3) is 0 Å². The number of ether oxygens (including phenoxy) is 1. The van der Waals surface area contributed by atoms with Crippen molar-refractivity contribution in [2.75, 3.05) is 6.61 Å². The monoisotopic (exact) mass is 342 g/mol. The van der Waals surface area contributed by atoms with E-state index in [1.807, 2.05) is 6.07 Å². The molecule has 1 aliphatic carbocycles. The number of aryl methyl sites for hydroxylation is 1. The molecule has 0 bridgehead atoms. The van der Waals surface area contributed by atoms with E-state index in [-0.39, 0.29) is 12.2 Å². The summed E-state index contributed by atoms with van der Waals surface area (Å²) < 4.78 is 6.38. The van der Waals surface area contributed by atoms with Crippen molar-refractivity contribution in [1.82, 2.24) is 0 Å². The van der Waals surface area contributed by atoms with E-state index in [0.717, 1.165) is 24.8 Å². The van der Waals surface area contributed by atoms with Crippen molar-refractivity contribution < 1.29 is 19.7 Å². The van der Waals surface area contributed by atoms with Crippen molar-refractivity contribution in [3.05, 3.63) is 27.7 Å². The average molecular weight is 343 g/mol. The summed E-state index contributed by atoms with van der Waals surface area (Å²) in [7, 11) is 0. The normalized spacial score (nSPS) is 17.8. The zero-order valence-electron chi connectivity index (χ0n) is 11.5. The molecule has 0 radical (unpaired) electrons. The van der Waals surface area contributed by atoms with Gasteiger partial charge in [0.2, 0.25) is 0 Å². The maximum absolute atomic E-state index is 11.3. The van der Waals surface area contributed by atoms with Gasteiger partial charge in [-0.05, 0) is 37.5 Å². The van der Waals surface area contributed by atoms with Gasteiger partial charge in [0.15, 0.2) is 0 Å². The molecule has 0 atom stereocenters. The van der Waals surface area contributed by atoms with E-state index in [1.54, 1.807) is 6.92 Å². The topological polar surface area (TPSA) is 66.8 Å². The Kier molecular flexibility index (Phi) is 4.70. The number of hydrogen-bond acceptors (Lipinski definition) is 3. The van der Waals surface area contributed by atoms with Gasteiger partial charge in [-0.1, -0.05) is 35.2 Å². The Morgan fingerprint density at radius 3 is 2.60 bits per heavy atom. The summed E-state index contributed by atoms with van der Waals surface area (Å²) in [5.74, 6) is -0.681. The van der Waals surface area contributed by atoms with Crippen molar-refractivity contribution in [2.24, 2.45) is 0 Å². The van der Waals surface area contributed by atoms with Gasteiger partial charge in [-0.15, -0.1) is 0 Å². The van der Waals surface area contributed by atoms with E-state index in [1.165, 1.54) is 6.07 Å². The Morgan fingerprint density at radius 2 is 2.00 bits per heavy atom. The summed E-state index contributed by atoms with van der Waals surface area (Å²) in [6.07, 6.45) is 4.55. The van der Waals surface area contributed by atoms with Crippen LogP contribution in [0.3, 0.4) is 0 Å². The fraction of sp³-hybridized carbons (Fsp3) is 0.533. The van der Waals surface area contributed by atoms with Crippen LogP contribution in [0.5, 0.6) is 5.75 Å². The second kappa shape index (κ2) is 6.14. The second-order valence-corrected chi connectivity index (χ2v) is 6.39. The number of halogens is 1. The van der Waals surface area contributed by atoms with E-state index in [2.05, 4.69) is 15.9 Å². The van der Waals surface area contributed by atoms with Gasteiger partial charge >= 0.3 is 5.97 Å². The lowest BCUT2D eigenvalue weighted by atomic mass is 9.85. The van der Waals surface area contributed by atoms with Crippen LogP contribution in [-0.2, 0) is 0 Å². The first-order valence-corrected chi connectivity index (χ1v) is 7.59. The summed E-state index contributed by atoms with van der Waals surface area (Å²) in [6.45, 7) is 1.95. The van der Waals surface area contributed by atoms with Crippen molar-refractivity contribution >= 4 is 21.9 Å². The summed E-state index contributed by atoms with van der Waals surface area (Å²) in [4.78, 5) is 11.3. The molecule has 0 spiro atoms. The number of hydrogen-bond donors (Lipinski definition) is 2. The van der Waals surface area contributed by atoms with Gasteiger partial charge < -0.3 is 14.9 Å². The lowest BCUT2D eigenvalue weighted by molar-refractivity contribution is -0.0343. The fourth-order valence-electron chi connectivity index (χ4n) is 2.64. The van der Waals surface area contributed by atoms with E-state index in [4.69, 9.17) is 4.74 Å². The quantitative estimate of drug-likeness (QED) is 0.878. The molecule has 0 unspecified atom stereocenters. The van der Waals surface area contributed by atoms with Gasteiger partial charge in [-0.3, -0.25) is 0 Å². The van der Waals surface area contributed by atoms with Gasteiger partial charge in [0.05, 0.1) is 5.60 Å². The Balaban J connectivity index is 2.18. The van der Waals surface area contributed by atoms with Gasteiger partial charge in [0.1, 0.15) is 17.9 Å². The molecule has 1 aromatic rings. The number of carbonyl (C=O) groups is 1. The van der Waals surface area contributed by atoms with Crippen LogP contribution in [0.4, 0.5) is 0 Å². The minimum absolute atomic E-state index is 0.122. The van der Waals surface area contributed by atoms with Gasteiger partial charge in [-0.25, -0.2) is 4.79 Å². The van der Waals surface area contributed by atoms with Gasteiger partial charge in [0, 0.05) is 4.47 Å². The van der Waals surface area contributed by atoms with Crippen LogP contribution in [0.1, 0.15) is 48.0 Å². The molecule has 1 saturated carbocycles. The standard InChI is InChI=1S/C15H19BrO4/c1-10-7-11(16)8-12(14(17)18)13(10)20-9-15(19)5-3-2-4-6-15/h7-8,19H,2-6,9H2,1H3,(H,17,18). The van der Waals surface area contributed by atoms with Crippen LogP contribution in [0, 0.1) is 6.92 Å². The molecule has 0 heterocycles. The van der Waals surface area contributed by atoms with Crippen LogP contribution >= 0.6 is 15.9 Å². The van der Waals surface area contributed by atoms with Crippen molar-refractivity contribution in [1.29, 1.82) is 0 Å². The summed E-state index contributed by atoms with van der Waals surface area (Å²) in [6, 6.07) is 3.34. The molecule has 0 aromatic heterocycles. The Labute approximate surface area is 126 Å². The number of benzene rings is 1. The van der Waals surface area contributed by atoms with E-state index >= 15 is 0 Å². The highest BCUT2D eigenvalue weighted by molar-refractivity contribution is 9.10. The maximum Gasteiger partial charge on any atom is 0.339 e. The molecule has 20 heavy (non-hydrogen) atoms. The predicted molar refractivity (Wildman–Crippen MR) is 79.4 cm³/mol. The average Bonchev–Trinajstić information content (AvgIpc) is 2.37. The van der Waals surface area contributed by atoms with Crippen molar-refractivity contribution in [3.8, 4) is 5.75 Å². The van der Waals surface area contributed by atoms with E-state index in [9.17, 15) is 15.0 Å². The van der Waals surface area contributed by atoms with Crippen LogP contribution in [0.15, 0.2) is 16.6 Å². The summed E-state index contributed by atoms with van der Waals surface area (Å²) >= 11 is 3.29. The number of carboxylic acids is 1. The fourth-order valence-corrected chi connectivity index (χ4v) is 3.21. The maximum atomic E-state index is 11.3. The summed E-state index contributed by atoms with van der Waals surface area (Å²) in [5, 5.41) is 19.7. The molecule has 2 rings (SSSR count).